The second-order valence-electron chi connectivity index (χ2n) is 1.72. The van der Waals surface area contributed by atoms with Gasteiger partial charge in [-0.25, -0.2) is 0 Å². The molecule has 8 heavy (non-hydrogen) atoms. The molecule has 1 unspecified atom stereocenters. The molecular formula is C4H9NO2S. The quantitative estimate of drug-likeness (QED) is 0.480. The fourth-order valence-electron chi connectivity index (χ4n) is 0.582. The standard InChI is InChI=1S/C4H9NO2S/c6-4-3-8-2-1-5(4)7/h4,6-7H,1-3H2. The first-order valence-electron chi connectivity index (χ1n) is 2.52. The monoisotopic (exact) mass is 135 g/mol. The van der Waals surface area contributed by atoms with E-state index in [0.717, 1.165) is 10.8 Å². The molecule has 0 aromatic carbocycles. The highest BCUT2D eigenvalue weighted by Crippen LogP contribution is 2.11. The molecule has 1 aliphatic rings. The molecule has 0 aliphatic carbocycles. The van der Waals surface area contributed by atoms with Crippen LogP contribution in [-0.2, 0) is 0 Å². The van der Waals surface area contributed by atoms with E-state index in [1.807, 2.05) is 0 Å². The van der Waals surface area contributed by atoms with Crippen LogP contribution < -0.4 is 0 Å². The molecule has 1 aliphatic heterocycles. The van der Waals surface area contributed by atoms with Gasteiger partial charge in [0.1, 0.15) is 6.23 Å². The summed E-state index contributed by atoms with van der Waals surface area (Å²) in [7, 11) is 0. The van der Waals surface area contributed by atoms with Gasteiger partial charge < -0.3 is 10.3 Å². The van der Waals surface area contributed by atoms with E-state index in [1.165, 1.54) is 0 Å². The van der Waals surface area contributed by atoms with Gasteiger partial charge in [0.2, 0.25) is 0 Å². The normalized spacial score (nSPS) is 33.0. The lowest BCUT2D eigenvalue weighted by atomic mass is 10.6. The first-order valence-corrected chi connectivity index (χ1v) is 3.67. The Kier molecular flexibility index (Phi) is 2.13. The fourth-order valence-corrected chi connectivity index (χ4v) is 1.45. The number of thioether (sulfide) groups is 1. The van der Waals surface area contributed by atoms with E-state index in [-0.39, 0.29) is 0 Å². The molecular weight excluding hydrogens is 126 g/mol. The van der Waals surface area contributed by atoms with Crippen LogP contribution in [0.5, 0.6) is 0 Å². The van der Waals surface area contributed by atoms with Gasteiger partial charge in [0.15, 0.2) is 0 Å². The van der Waals surface area contributed by atoms with Crippen LogP contribution in [0, 0.1) is 0 Å². The number of hydrogen-bond acceptors (Lipinski definition) is 4. The van der Waals surface area contributed by atoms with E-state index in [1.54, 1.807) is 11.8 Å². The highest BCUT2D eigenvalue weighted by Gasteiger charge is 2.16. The molecule has 0 aromatic heterocycles. The summed E-state index contributed by atoms with van der Waals surface area (Å²) in [5.74, 6) is 1.53. The van der Waals surface area contributed by atoms with Gasteiger partial charge in [-0.15, -0.1) is 0 Å². The lowest BCUT2D eigenvalue weighted by Crippen LogP contribution is -2.39. The maximum atomic E-state index is 8.83. The Hall–Kier alpha value is 0.230. The maximum absolute atomic E-state index is 8.83. The van der Waals surface area contributed by atoms with E-state index < -0.39 is 6.23 Å². The second-order valence-corrected chi connectivity index (χ2v) is 2.87. The molecule has 48 valence electrons. The number of aliphatic hydroxyl groups is 1. The average Bonchev–Trinajstić information content (AvgIpc) is 1.77. The summed E-state index contributed by atoms with van der Waals surface area (Å²) < 4.78 is 0. The predicted molar refractivity (Wildman–Crippen MR) is 31.8 cm³/mol. The van der Waals surface area contributed by atoms with E-state index in [4.69, 9.17) is 10.3 Å². The first-order chi connectivity index (χ1) is 3.80. The third-order valence-electron chi connectivity index (χ3n) is 1.08. The largest absolute Gasteiger partial charge is 0.375 e. The van der Waals surface area contributed by atoms with Crippen molar-refractivity contribution in [2.75, 3.05) is 18.1 Å². The van der Waals surface area contributed by atoms with Crippen LogP contribution in [-0.4, -0.2) is 39.7 Å². The predicted octanol–water partition coefficient (Wildman–Crippen LogP) is -0.257. The van der Waals surface area contributed by atoms with Crippen LogP contribution in [0.25, 0.3) is 0 Å². The number of hydrogen-bond donors (Lipinski definition) is 2. The Balaban J connectivity index is 2.28. The number of nitrogens with zero attached hydrogens (tertiary/aromatic N) is 1. The van der Waals surface area contributed by atoms with E-state index >= 15 is 0 Å². The van der Waals surface area contributed by atoms with Crippen molar-refractivity contribution >= 4 is 11.8 Å². The minimum Gasteiger partial charge on any atom is -0.375 e. The first kappa shape index (κ1) is 6.35. The smallest absolute Gasteiger partial charge is 0.138 e. The van der Waals surface area contributed by atoms with Gasteiger partial charge >= 0.3 is 0 Å². The highest BCUT2D eigenvalue weighted by atomic mass is 32.2. The van der Waals surface area contributed by atoms with Gasteiger partial charge in [0, 0.05) is 18.1 Å². The van der Waals surface area contributed by atoms with Crippen molar-refractivity contribution in [2.24, 2.45) is 0 Å². The Morgan fingerprint density at radius 3 is 2.75 bits per heavy atom. The van der Waals surface area contributed by atoms with Crippen molar-refractivity contribution in [3.05, 3.63) is 0 Å². The van der Waals surface area contributed by atoms with E-state index in [9.17, 15) is 0 Å². The molecule has 0 bridgehead atoms. The van der Waals surface area contributed by atoms with Crippen LogP contribution in [0.1, 0.15) is 0 Å². The third kappa shape index (κ3) is 1.35. The Morgan fingerprint density at radius 2 is 2.38 bits per heavy atom. The van der Waals surface area contributed by atoms with Gasteiger partial charge in [-0.1, -0.05) is 0 Å². The molecule has 0 spiro atoms. The molecule has 1 saturated heterocycles. The molecule has 0 amide bonds. The molecule has 1 rings (SSSR count). The summed E-state index contributed by atoms with van der Waals surface area (Å²) >= 11 is 1.66. The van der Waals surface area contributed by atoms with Crippen molar-refractivity contribution in [3.63, 3.8) is 0 Å². The van der Waals surface area contributed by atoms with Crippen LogP contribution >= 0.6 is 11.8 Å². The summed E-state index contributed by atoms with van der Waals surface area (Å²) in [5, 5.41) is 18.5. The maximum Gasteiger partial charge on any atom is 0.138 e. The van der Waals surface area contributed by atoms with Crippen molar-refractivity contribution in [1.82, 2.24) is 5.06 Å². The van der Waals surface area contributed by atoms with Crippen molar-refractivity contribution in [1.29, 1.82) is 0 Å². The molecule has 1 heterocycles. The van der Waals surface area contributed by atoms with E-state index in [0.29, 0.717) is 12.3 Å². The third-order valence-corrected chi connectivity index (χ3v) is 2.08. The summed E-state index contributed by atoms with van der Waals surface area (Å²) in [4.78, 5) is 0. The summed E-state index contributed by atoms with van der Waals surface area (Å²) in [6, 6.07) is 0. The zero-order valence-electron chi connectivity index (χ0n) is 4.45. The van der Waals surface area contributed by atoms with Crippen LogP contribution in [0.15, 0.2) is 0 Å². The molecule has 1 atom stereocenters. The molecule has 0 aromatic rings. The number of aliphatic hydroxyl groups excluding tert-OH is 1. The highest BCUT2D eigenvalue weighted by molar-refractivity contribution is 7.99. The molecule has 0 radical (unpaired) electrons. The zero-order valence-corrected chi connectivity index (χ0v) is 5.27. The lowest BCUT2D eigenvalue weighted by Gasteiger charge is -2.25. The molecule has 1 fully saturated rings. The van der Waals surface area contributed by atoms with Gasteiger partial charge in [-0.2, -0.15) is 16.8 Å². The summed E-state index contributed by atoms with van der Waals surface area (Å²) in [6.45, 7) is 0.575. The summed E-state index contributed by atoms with van der Waals surface area (Å²) in [6.07, 6.45) is -0.645. The average molecular weight is 135 g/mol. The number of hydroxylamine groups is 2. The van der Waals surface area contributed by atoms with E-state index in [2.05, 4.69) is 0 Å². The van der Waals surface area contributed by atoms with Crippen molar-refractivity contribution in [2.45, 2.75) is 6.23 Å². The minimum atomic E-state index is -0.645. The number of rotatable bonds is 0. The van der Waals surface area contributed by atoms with Crippen LogP contribution in [0.3, 0.4) is 0 Å². The zero-order chi connectivity index (χ0) is 5.98. The molecule has 4 heteroatoms. The second kappa shape index (κ2) is 2.68. The van der Waals surface area contributed by atoms with Gasteiger partial charge in [-0.05, 0) is 0 Å². The Labute approximate surface area is 52.3 Å². The topological polar surface area (TPSA) is 43.7 Å². The van der Waals surface area contributed by atoms with Gasteiger partial charge in [0.25, 0.3) is 0 Å². The summed E-state index contributed by atoms with van der Waals surface area (Å²) in [5.41, 5.74) is 0. The Morgan fingerprint density at radius 1 is 1.62 bits per heavy atom. The van der Waals surface area contributed by atoms with Crippen molar-refractivity contribution < 1.29 is 10.3 Å². The van der Waals surface area contributed by atoms with Crippen LogP contribution in [0.4, 0.5) is 0 Å². The Bertz CT molecular complexity index is 70.4. The lowest BCUT2D eigenvalue weighted by molar-refractivity contribution is -0.184. The molecule has 2 N–H and O–H groups in total. The molecule has 0 saturated carbocycles. The molecule has 3 nitrogen and oxygen atoms in total. The van der Waals surface area contributed by atoms with Gasteiger partial charge in [-0.3, -0.25) is 0 Å². The fraction of sp³-hybridized carbons (Fsp3) is 1.00. The van der Waals surface area contributed by atoms with Crippen LogP contribution in [0.2, 0.25) is 0 Å². The SMILES string of the molecule is OC1CSCCN1O. The van der Waals surface area contributed by atoms with Gasteiger partial charge in [0.05, 0.1) is 0 Å². The minimum absolute atomic E-state index is 0.575. The van der Waals surface area contributed by atoms with Crippen molar-refractivity contribution in [3.8, 4) is 0 Å².